The van der Waals surface area contributed by atoms with Crippen molar-refractivity contribution in [3.8, 4) is 0 Å². The van der Waals surface area contributed by atoms with E-state index < -0.39 is 15.8 Å². The lowest BCUT2D eigenvalue weighted by Gasteiger charge is -2.23. The van der Waals surface area contributed by atoms with Gasteiger partial charge in [-0.3, -0.25) is 9.10 Å². The maximum absolute atomic E-state index is 14.0. The minimum absolute atomic E-state index is 0.168. The van der Waals surface area contributed by atoms with Crippen molar-refractivity contribution in [3.05, 3.63) is 101 Å². The molecule has 3 rings (SSSR count). The molecule has 0 spiro atoms. The molecule has 0 saturated carbocycles. The molecule has 31 heavy (non-hydrogen) atoms. The molecule has 3 aromatic rings. The fraction of sp³-hybridized carbons (Fsp3) is 0.174. The van der Waals surface area contributed by atoms with E-state index in [1.807, 2.05) is 0 Å². The Hall–Kier alpha value is -3.26. The van der Waals surface area contributed by atoms with E-state index in [0.29, 0.717) is 11.3 Å². The SMILES string of the molecule is C[C@@H](NC(=O)c1ccc(N(Cc2ccccc2F)S(C)(=O)=O)cc1)c1ccc(F)cc1. The van der Waals surface area contributed by atoms with E-state index in [4.69, 9.17) is 0 Å². The standard InChI is InChI=1S/C23H22F2N2O3S/c1-16(17-7-11-20(24)12-8-17)26-23(28)18-9-13-21(14-10-18)27(31(2,29)30)15-19-5-3-4-6-22(19)25/h3-14,16H,15H2,1-2H3,(H,26,28)/t16-/m1/s1. The second-order valence-corrected chi connectivity index (χ2v) is 9.06. The Balaban J connectivity index is 1.77. The smallest absolute Gasteiger partial charge is 0.251 e. The average Bonchev–Trinajstić information content (AvgIpc) is 2.73. The molecule has 0 bridgehead atoms. The first-order chi connectivity index (χ1) is 14.6. The number of carbonyl (C=O) groups is 1. The van der Waals surface area contributed by atoms with Crippen molar-refractivity contribution in [1.82, 2.24) is 5.32 Å². The Bertz CT molecular complexity index is 1160. The van der Waals surface area contributed by atoms with Crippen LogP contribution in [0.4, 0.5) is 14.5 Å². The van der Waals surface area contributed by atoms with Crippen LogP contribution in [0.1, 0.15) is 34.5 Å². The van der Waals surface area contributed by atoms with Crippen LogP contribution >= 0.6 is 0 Å². The summed E-state index contributed by atoms with van der Waals surface area (Å²) in [4.78, 5) is 12.5. The van der Waals surface area contributed by atoms with E-state index in [2.05, 4.69) is 5.32 Å². The molecule has 1 amide bonds. The molecule has 0 heterocycles. The summed E-state index contributed by atoms with van der Waals surface area (Å²) in [5.41, 5.74) is 1.63. The van der Waals surface area contributed by atoms with Gasteiger partial charge in [0.2, 0.25) is 10.0 Å². The third kappa shape index (κ3) is 5.67. The predicted molar refractivity (Wildman–Crippen MR) is 116 cm³/mol. The number of nitrogens with zero attached hydrogens (tertiary/aromatic N) is 1. The van der Waals surface area contributed by atoms with Crippen molar-refractivity contribution < 1.29 is 22.0 Å². The fourth-order valence-electron chi connectivity index (χ4n) is 3.08. The first-order valence-corrected chi connectivity index (χ1v) is 11.4. The van der Waals surface area contributed by atoms with Crippen LogP contribution in [0.3, 0.4) is 0 Å². The van der Waals surface area contributed by atoms with Crippen LogP contribution in [0, 0.1) is 11.6 Å². The van der Waals surface area contributed by atoms with Crippen molar-refractivity contribution >= 4 is 21.6 Å². The Kier molecular flexibility index (Phi) is 6.70. The van der Waals surface area contributed by atoms with Crippen molar-refractivity contribution in [2.45, 2.75) is 19.5 Å². The van der Waals surface area contributed by atoms with E-state index in [9.17, 15) is 22.0 Å². The van der Waals surface area contributed by atoms with Gasteiger partial charge in [0.05, 0.1) is 24.5 Å². The number of sulfonamides is 1. The van der Waals surface area contributed by atoms with Gasteiger partial charge in [-0.15, -0.1) is 0 Å². The Morgan fingerprint density at radius 1 is 0.968 bits per heavy atom. The molecule has 0 aliphatic heterocycles. The number of anilines is 1. The number of hydrogen-bond donors (Lipinski definition) is 1. The second-order valence-electron chi connectivity index (χ2n) is 7.15. The van der Waals surface area contributed by atoms with Gasteiger partial charge in [-0.25, -0.2) is 17.2 Å². The molecule has 0 saturated heterocycles. The normalized spacial score (nSPS) is 12.3. The van der Waals surface area contributed by atoms with Crippen LogP contribution in [0.15, 0.2) is 72.8 Å². The summed E-state index contributed by atoms with van der Waals surface area (Å²) in [7, 11) is -3.69. The molecule has 3 aromatic carbocycles. The number of hydrogen-bond acceptors (Lipinski definition) is 3. The summed E-state index contributed by atoms with van der Waals surface area (Å²) in [6.07, 6.45) is 1.04. The van der Waals surface area contributed by atoms with Crippen LogP contribution in [-0.2, 0) is 16.6 Å². The zero-order valence-corrected chi connectivity index (χ0v) is 17.9. The lowest BCUT2D eigenvalue weighted by Crippen LogP contribution is -2.30. The van der Waals surface area contributed by atoms with Gasteiger partial charge in [0, 0.05) is 11.1 Å². The van der Waals surface area contributed by atoms with Gasteiger partial charge in [-0.05, 0) is 55.0 Å². The Morgan fingerprint density at radius 3 is 2.16 bits per heavy atom. The van der Waals surface area contributed by atoms with Gasteiger partial charge < -0.3 is 5.32 Å². The van der Waals surface area contributed by atoms with Crippen molar-refractivity contribution in [2.24, 2.45) is 0 Å². The van der Waals surface area contributed by atoms with E-state index in [1.165, 1.54) is 54.6 Å². The number of benzene rings is 3. The predicted octanol–water partition coefficient (Wildman–Crippen LogP) is 4.42. The molecule has 0 fully saturated rings. The molecule has 0 aliphatic carbocycles. The highest BCUT2D eigenvalue weighted by atomic mass is 32.2. The van der Waals surface area contributed by atoms with Crippen LogP contribution in [0.2, 0.25) is 0 Å². The number of halogens is 2. The van der Waals surface area contributed by atoms with Gasteiger partial charge in [0.1, 0.15) is 11.6 Å². The quantitative estimate of drug-likeness (QED) is 0.587. The van der Waals surface area contributed by atoms with Crippen molar-refractivity contribution in [1.29, 1.82) is 0 Å². The maximum atomic E-state index is 14.0. The molecule has 1 atom stereocenters. The number of amides is 1. The largest absolute Gasteiger partial charge is 0.346 e. The monoisotopic (exact) mass is 444 g/mol. The molecule has 162 valence electrons. The van der Waals surface area contributed by atoms with Crippen LogP contribution in [0.25, 0.3) is 0 Å². The first kappa shape index (κ1) is 22.4. The van der Waals surface area contributed by atoms with E-state index in [-0.39, 0.29) is 29.9 Å². The molecule has 0 aromatic heterocycles. The average molecular weight is 445 g/mol. The van der Waals surface area contributed by atoms with E-state index in [0.717, 1.165) is 16.1 Å². The van der Waals surface area contributed by atoms with Crippen LogP contribution < -0.4 is 9.62 Å². The van der Waals surface area contributed by atoms with Crippen molar-refractivity contribution in [2.75, 3.05) is 10.6 Å². The van der Waals surface area contributed by atoms with E-state index >= 15 is 0 Å². The van der Waals surface area contributed by atoms with Gasteiger partial charge in [-0.1, -0.05) is 30.3 Å². The van der Waals surface area contributed by atoms with Gasteiger partial charge in [0.25, 0.3) is 5.91 Å². The highest BCUT2D eigenvalue weighted by molar-refractivity contribution is 7.92. The highest BCUT2D eigenvalue weighted by Gasteiger charge is 2.20. The zero-order valence-electron chi connectivity index (χ0n) is 17.0. The summed E-state index contributed by atoms with van der Waals surface area (Å²) in [5.74, 6) is -1.21. The molecule has 0 radical (unpaired) electrons. The third-order valence-corrected chi connectivity index (χ3v) is 5.95. The minimum Gasteiger partial charge on any atom is -0.346 e. The number of rotatable bonds is 7. The van der Waals surface area contributed by atoms with Crippen LogP contribution in [0.5, 0.6) is 0 Å². The minimum atomic E-state index is -3.69. The fourth-order valence-corrected chi connectivity index (χ4v) is 3.95. The molecular formula is C23H22F2N2O3S. The second kappa shape index (κ2) is 9.26. The van der Waals surface area contributed by atoms with Gasteiger partial charge >= 0.3 is 0 Å². The molecule has 8 heteroatoms. The lowest BCUT2D eigenvalue weighted by molar-refractivity contribution is 0.0940. The molecule has 1 N–H and O–H groups in total. The summed E-state index contributed by atoms with van der Waals surface area (Å²) in [5, 5.41) is 2.82. The van der Waals surface area contributed by atoms with Crippen LogP contribution in [-0.4, -0.2) is 20.6 Å². The van der Waals surface area contributed by atoms with Gasteiger partial charge in [0.15, 0.2) is 0 Å². The topological polar surface area (TPSA) is 66.5 Å². The molecule has 5 nitrogen and oxygen atoms in total. The highest BCUT2D eigenvalue weighted by Crippen LogP contribution is 2.23. The number of carbonyl (C=O) groups excluding carboxylic acids is 1. The molecule has 0 unspecified atom stereocenters. The van der Waals surface area contributed by atoms with Crippen molar-refractivity contribution in [3.63, 3.8) is 0 Å². The zero-order chi connectivity index (χ0) is 22.6. The number of nitrogens with one attached hydrogen (secondary N) is 1. The Labute approximate surface area is 180 Å². The van der Waals surface area contributed by atoms with Gasteiger partial charge in [-0.2, -0.15) is 0 Å². The summed E-state index contributed by atoms with van der Waals surface area (Å²) < 4.78 is 52.7. The lowest BCUT2D eigenvalue weighted by atomic mass is 10.1. The third-order valence-electron chi connectivity index (χ3n) is 4.81. The maximum Gasteiger partial charge on any atom is 0.251 e. The molecule has 0 aliphatic rings. The summed E-state index contributed by atoms with van der Waals surface area (Å²) in [6.45, 7) is 1.61. The first-order valence-electron chi connectivity index (χ1n) is 9.52. The summed E-state index contributed by atoms with van der Waals surface area (Å²) >= 11 is 0. The summed E-state index contributed by atoms with van der Waals surface area (Å²) in [6, 6.07) is 17.4. The Morgan fingerprint density at radius 2 is 1.58 bits per heavy atom. The molecular weight excluding hydrogens is 422 g/mol. The van der Waals surface area contributed by atoms with E-state index in [1.54, 1.807) is 25.1 Å².